The normalized spacial score (nSPS) is 15.1. The maximum Gasteiger partial charge on any atom is 0.0992 e. The highest BCUT2D eigenvalue weighted by Crippen LogP contribution is 2.32. The molecule has 0 saturated heterocycles. The van der Waals surface area contributed by atoms with Gasteiger partial charge in [-0.15, -0.1) is 0 Å². The van der Waals surface area contributed by atoms with Crippen molar-refractivity contribution < 1.29 is 0 Å². The van der Waals surface area contributed by atoms with Crippen molar-refractivity contribution in [1.29, 1.82) is 5.26 Å². The summed E-state index contributed by atoms with van der Waals surface area (Å²) in [5, 5.41) is 8.96. The highest BCUT2D eigenvalue weighted by molar-refractivity contribution is 5.73. The topological polar surface area (TPSA) is 56.3 Å². The smallest absolute Gasteiger partial charge is 0.0992 e. The van der Waals surface area contributed by atoms with Crippen molar-refractivity contribution in [2.24, 2.45) is 5.73 Å². The average molecular weight is 230 g/mol. The first-order valence-corrected chi connectivity index (χ1v) is 5.96. The van der Waals surface area contributed by atoms with Crippen LogP contribution in [0, 0.1) is 11.3 Å². The fourth-order valence-electron chi connectivity index (χ4n) is 2.29. The summed E-state index contributed by atoms with van der Waals surface area (Å²) < 4.78 is 0. The highest BCUT2D eigenvalue weighted by Gasteiger charge is 2.18. The number of benzene rings is 1. The molecule has 1 aliphatic heterocycles. The van der Waals surface area contributed by atoms with E-state index < -0.39 is 0 Å². The molecule has 2 N–H and O–H groups in total. The molecule has 1 aromatic rings. The Morgan fingerprint density at radius 3 is 2.88 bits per heavy atom. The molecule has 0 saturated carbocycles. The van der Waals surface area contributed by atoms with E-state index in [0.717, 1.165) is 31.7 Å². The average Bonchev–Trinajstić information content (AvgIpc) is 2.50. The van der Waals surface area contributed by atoms with Crippen molar-refractivity contribution in [3.05, 3.63) is 23.8 Å². The van der Waals surface area contributed by atoms with Gasteiger partial charge < -0.3 is 15.5 Å². The summed E-state index contributed by atoms with van der Waals surface area (Å²) in [6, 6.07) is 8.07. The van der Waals surface area contributed by atoms with Gasteiger partial charge in [-0.25, -0.2) is 0 Å². The van der Waals surface area contributed by atoms with Crippen LogP contribution in [0.3, 0.4) is 0 Å². The molecular weight excluding hydrogens is 212 g/mol. The zero-order chi connectivity index (χ0) is 12.3. The molecular formula is C13H18N4. The van der Waals surface area contributed by atoms with Gasteiger partial charge in [-0.05, 0) is 24.6 Å². The zero-order valence-corrected chi connectivity index (χ0v) is 10.2. The Morgan fingerprint density at radius 1 is 1.35 bits per heavy atom. The summed E-state index contributed by atoms with van der Waals surface area (Å²) >= 11 is 0. The molecule has 0 aliphatic carbocycles. The van der Waals surface area contributed by atoms with Gasteiger partial charge in [0.1, 0.15) is 0 Å². The summed E-state index contributed by atoms with van der Waals surface area (Å²) in [5.41, 5.74) is 8.69. The number of fused-ring (bicyclic) bond motifs is 1. The molecule has 1 heterocycles. The first-order valence-electron chi connectivity index (χ1n) is 5.96. The monoisotopic (exact) mass is 230 g/mol. The Labute approximate surface area is 102 Å². The van der Waals surface area contributed by atoms with Crippen LogP contribution >= 0.6 is 0 Å². The van der Waals surface area contributed by atoms with Crippen molar-refractivity contribution in [2.75, 3.05) is 43.0 Å². The fourth-order valence-corrected chi connectivity index (χ4v) is 2.29. The summed E-state index contributed by atoms with van der Waals surface area (Å²) in [5.74, 6) is 0. The van der Waals surface area contributed by atoms with Crippen molar-refractivity contribution >= 4 is 11.4 Å². The van der Waals surface area contributed by atoms with Gasteiger partial charge >= 0.3 is 0 Å². The number of nitriles is 1. The molecule has 1 aromatic carbocycles. The summed E-state index contributed by atoms with van der Waals surface area (Å²) in [4.78, 5) is 4.52. The quantitative estimate of drug-likeness (QED) is 0.828. The van der Waals surface area contributed by atoms with E-state index in [1.807, 2.05) is 18.2 Å². The SMILES string of the molecule is CN1CCCN(CCN)c2ccc(C#N)cc21. The van der Waals surface area contributed by atoms with Crippen LogP contribution in [0.2, 0.25) is 0 Å². The minimum absolute atomic E-state index is 0.656. The number of rotatable bonds is 2. The number of nitrogens with zero attached hydrogens (tertiary/aromatic N) is 3. The van der Waals surface area contributed by atoms with Crippen molar-refractivity contribution in [3.63, 3.8) is 0 Å². The van der Waals surface area contributed by atoms with Crippen LogP contribution in [0.1, 0.15) is 12.0 Å². The second kappa shape index (κ2) is 5.07. The van der Waals surface area contributed by atoms with Crippen LogP contribution in [0.15, 0.2) is 18.2 Å². The Kier molecular flexibility index (Phi) is 3.50. The summed E-state index contributed by atoms with van der Waals surface area (Å²) in [6.07, 6.45) is 1.12. The molecule has 1 aliphatic rings. The van der Waals surface area contributed by atoms with Gasteiger partial charge in [0.2, 0.25) is 0 Å². The van der Waals surface area contributed by atoms with Gasteiger partial charge in [-0.1, -0.05) is 0 Å². The van der Waals surface area contributed by atoms with Crippen LogP contribution in [-0.2, 0) is 0 Å². The maximum atomic E-state index is 8.96. The third-order valence-corrected chi connectivity index (χ3v) is 3.18. The second-order valence-corrected chi connectivity index (χ2v) is 4.37. The molecule has 0 amide bonds. The van der Waals surface area contributed by atoms with Crippen LogP contribution in [-0.4, -0.2) is 33.2 Å². The van der Waals surface area contributed by atoms with E-state index in [1.165, 1.54) is 5.69 Å². The third-order valence-electron chi connectivity index (χ3n) is 3.18. The molecule has 0 atom stereocenters. The maximum absolute atomic E-state index is 8.96. The van der Waals surface area contributed by atoms with E-state index >= 15 is 0 Å². The van der Waals surface area contributed by atoms with E-state index in [2.05, 4.69) is 22.9 Å². The third kappa shape index (κ3) is 2.34. The lowest BCUT2D eigenvalue weighted by molar-refractivity contribution is 0.741. The number of hydrogen-bond acceptors (Lipinski definition) is 4. The van der Waals surface area contributed by atoms with Gasteiger partial charge in [0.15, 0.2) is 0 Å². The molecule has 0 aromatic heterocycles. The van der Waals surface area contributed by atoms with Crippen LogP contribution in [0.5, 0.6) is 0 Å². The Balaban J connectivity index is 2.43. The van der Waals surface area contributed by atoms with E-state index in [4.69, 9.17) is 11.0 Å². The molecule has 4 heteroatoms. The Bertz CT molecular complexity index is 436. The standard InChI is InChI=1S/C13H18N4/c1-16-6-2-7-17(8-5-14)12-4-3-11(10-15)9-13(12)16/h3-4,9H,2,5-8,14H2,1H3. The van der Waals surface area contributed by atoms with Crippen molar-refractivity contribution in [3.8, 4) is 6.07 Å². The van der Waals surface area contributed by atoms with E-state index in [9.17, 15) is 0 Å². The van der Waals surface area contributed by atoms with Crippen molar-refractivity contribution in [2.45, 2.75) is 6.42 Å². The summed E-state index contributed by atoms with van der Waals surface area (Å²) in [7, 11) is 2.08. The van der Waals surface area contributed by atoms with Crippen molar-refractivity contribution in [1.82, 2.24) is 0 Å². The lowest BCUT2D eigenvalue weighted by Crippen LogP contribution is -2.29. The van der Waals surface area contributed by atoms with Crippen LogP contribution < -0.4 is 15.5 Å². The van der Waals surface area contributed by atoms with E-state index in [1.54, 1.807) is 0 Å². The second-order valence-electron chi connectivity index (χ2n) is 4.37. The zero-order valence-electron chi connectivity index (χ0n) is 10.2. The van der Waals surface area contributed by atoms with Crippen LogP contribution in [0.4, 0.5) is 11.4 Å². The molecule has 0 unspecified atom stereocenters. The number of hydrogen-bond donors (Lipinski definition) is 1. The first-order chi connectivity index (χ1) is 8.26. The molecule has 4 nitrogen and oxygen atoms in total. The lowest BCUT2D eigenvalue weighted by Gasteiger charge is -2.25. The largest absolute Gasteiger partial charge is 0.373 e. The van der Waals surface area contributed by atoms with Gasteiger partial charge in [-0.2, -0.15) is 5.26 Å². The molecule has 2 rings (SSSR count). The minimum atomic E-state index is 0.656. The predicted molar refractivity (Wildman–Crippen MR) is 70.3 cm³/mol. The van der Waals surface area contributed by atoms with Gasteiger partial charge in [0, 0.05) is 33.2 Å². The minimum Gasteiger partial charge on any atom is -0.373 e. The molecule has 17 heavy (non-hydrogen) atoms. The van der Waals surface area contributed by atoms with Gasteiger partial charge in [0.05, 0.1) is 23.0 Å². The first kappa shape index (κ1) is 11.7. The molecule has 0 spiro atoms. The van der Waals surface area contributed by atoms with Gasteiger partial charge in [-0.3, -0.25) is 0 Å². The van der Waals surface area contributed by atoms with Gasteiger partial charge in [0.25, 0.3) is 0 Å². The van der Waals surface area contributed by atoms with E-state index in [0.29, 0.717) is 12.1 Å². The number of nitrogens with two attached hydrogens (primary N) is 1. The molecule has 0 fully saturated rings. The molecule has 0 radical (unpaired) electrons. The highest BCUT2D eigenvalue weighted by atomic mass is 15.2. The Hall–Kier alpha value is -1.73. The molecule has 90 valence electrons. The fraction of sp³-hybridized carbons (Fsp3) is 0.462. The van der Waals surface area contributed by atoms with Crippen LogP contribution in [0.25, 0.3) is 0 Å². The number of anilines is 2. The lowest BCUT2D eigenvalue weighted by atomic mass is 10.1. The molecule has 0 bridgehead atoms. The predicted octanol–water partition coefficient (Wildman–Crippen LogP) is 1.16. The summed E-state index contributed by atoms with van der Waals surface area (Å²) in [6.45, 7) is 3.57. The van der Waals surface area contributed by atoms with E-state index in [-0.39, 0.29) is 0 Å². The Morgan fingerprint density at radius 2 is 2.18 bits per heavy atom.